The van der Waals surface area contributed by atoms with Crippen LogP contribution < -0.4 is 0 Å². The molecule has 1 aromatic carbocycles. The number of Topliss-reactive ketones (excluding diaryl/α,β-unsaturated/α-hetero) is 1. The molecule has 0 saturated heterocycles. The molecule has 17 heavy (non-hydrogen) atoms. The van der Waals surface area contributed by atoms with Gasteiger partial charge in [-0.3, -0.25) is 4.79 Å². The Kier molecular flexibility index (Phi) is 4.57. The predicted octanol–water partition coefficient (Wildman–Crippen LogP) is 3.62. The van der Waals surface area contributed by atoms with Crippen molar-refractivity contribution in [2.75, 3.05) is 6.61 Å². The molecular weight excluding hydrogens is 236 g/mol. The summed E-state index contributed by atoms with van der Waals surface area (Å²) >= 11 is 5.87. The van der Waals surface area contributed by atoms with Crippen LogP contribution in [0.15, 0.2) is 24.3 Å². The third kappa shape index (κ3) is 3.83. The van der Waals surface area contributed by atoms with Gasteiger partial charge in [-0.2, -0.15) is 0 Å². The summed E-state index contributed by atoms with van der Waals surface area (Å²) in [5, 5.41) is 0.702. The summed E-state index contributed by atoms with van der Waals surface area (Å²) < 4.78 is 5.44. The van der Waals surface area contributed by atoms with Gasteiger partial charge in [0.1, 0.15) is 6.61 Å². The molecule has 3 heteroatoms. The Bertz CT molecular complexity index is 384. The SMILES string of the molecule is O=C(COCc1cccc(Cl)c1)C1CCCC1. The molecule has 2 nitrogen and oxygen atoms in total. The van der Waals surface area contributed by atoms with E-state index in [4.69, 9.17) is 16.3 Å². The van der Waals surface area contributed by atoms with E-state index in [0.717, 1.165) is 18.4 Å². The highest BCUT2D eigenvalue weighted by Gasteiger charge is 2.22. The molecule has 0 spiro atoms. The number of carbonyl (C=O) groups is 1. The van der Waals surface area contributed by atoms with Crippen LogP contribution in [0.4, 0.5) is 0 Å². The first-order chi connectivity index (χ1) is 8.25. The topological polar surface area (TPSA) is 26.3 Å². The monoisotopic (exact) mass is 252 g/mol. The fraction of sp³-hybridized carbons (Fsp3) is 0.500. The van der Waals surface area contributed by atoms with E-state index in [1.165, 1.54) is 12.8 Å². The van der Waals surface area contributed by atoms with Crippen LogP contribution in [-0.2, 0) is 16.1 Å². The zero-order valence-electron chi connectivity index (χ0n) is 9.82. The Morgan fingerprint density at radius 1 is 1.35 bits per heavy atom. The zero-order valence-corrected chi connectivity index (χ0v) is 10.6. The van der Waals surface area contributed by atoms with Crippen LogP contribution in [0.3, 0.4) is 0 Å². The fourth-order valence-corrected chi connectivity index (χ4v) is 2.47. The van der Waals surface area contributed by atoms with Gasteiger partial charge in [0.15, 0.2) is 5.78 Å². The van der Waals surface area contributed by atoms with E-state index >= 15 is 0 Å². The lowest BCUT2D eigenvalue weighted by Crippen LogP contribution is -2.17. The van der Waals surface area contributed by atoms with Crippen molar-refractivity contribution in [1.29, 1.82) is 0 Å². The summed E-state index contributed by atoms with van der Waals surface area (Å²) in [7, 11) is 0. The van der Waals surface area contributed by atoms with E-state index in [2.05, 4.69) is 0 Å². The van der Waals surface area contributed by atoms with Crippen molar-refractivity contribution in [3.63, 3.8) is 0 Å². The highest BCUT2D eigenvalue weighted by atomic mass is 35.5. The lowest BCUT2D eigenvalue weighted by Gasteiger charge is -2.08. The van der Waals surface area contributed by atoms with Crippen molar-refractivity contribution in [2.24, 2.45) is 5.92 Å². The molecule has 1 saturated carbocycles. The number of hydrogen-bond acceptors (Lipinski definition) is 2. The number of ketones is 1. The summed E-state index contributed by atoms with van der Waals surface area (Å²) in [6.07, 6.45) is 4.45. The minimum atomic E-state index is 0.233. The molecule has 0 N–H and O–H groups in total. The molecular formula is C14H17ClO2. The van der Waals surface area contributed by atoms with Gasteiger partial charge in [-0.1, -0.05) is 36.6 Å². The molecule has 2 rings (SSSR count). The zero-order chi connectivity index (χ0) is 12.1. The third-order valence-corrected chi connectivity index (χ3v) is 3.45. The fourth-order valence-electron chi connectivity index (χ4n) is 2.26. The van der Waals surface area contributed by atoms with Crippen LogP contribution in [0.5, 0.6) is 0 Å². The maximum atomic E-state index is 11.8. The van der Waals surface area contributed by atoms with E-state index in [1.54, 1.807) is 0 Å². The van der Waals surface area contributed by atoms with Crippen molar-refractivity contribution < 1.29 is 9.53 Å². The van der Waals surface area contributed by atoms with Crippen LogP contribution in [0.2, 0.25) is 5.02 Å². The predicted molar refractivity (Wildman–Crippen MR) is 68.1 cm³/mol. The Labute approximate surface area is 107 Å². The number of halogens is 1. The number of rotatable bonds is 5. The van der Waals surface area contributed by atoms with Gasteiger partial charge in [-0.25, -0.2) is 0 Å². The second kappa shape index (κ2) is 6.18. The summed E-state index contributed by atoms with van der Waals surface area (Å²) in [5.41, 5.74) is 1.01. The molecule has 0 aliphatic heterocycles. The first-order valence-electron chi connectivity index (χ1n) is 6.10. The standard InChI is InChI=1S/C14H17ClO2/c15-13-7-3-4-11(8-13)9-17-10-14(16)12-5-1-2-6-12/h3-4,7-8,12H,1-2,5-6,9-10H2. The molecule has 0 heterocycles. The average Bonchev–Trinajstić information content (AvgIpc) is 2.82. The number of benzene rings is 1. The van der Waals surface area contributed by atoms with E-state index in [0.29, 0.717) is 11.6 Å². The Morgan fingerprint density at radius 2 is 2.12 bits per heavy atom. The van der Waals surface area contributed by atoms with Crippen LogP contribution in [0.1, 0.15) is 31.2 Å². The van der Waals surface area contributed by atoms with E-state index < -0.39 is 0 Å². The first-order valence-corrected chi connectivity index (χ1v) is 6.48. The Balaban J connectivity index is 1.73. The smallest absolute Gasteiger partial charge is 0.161 e. The van der Waals surface area contributed by atoms with Crippen LogP contribution >= 0.6 is 11.6 Å². The van der Waals surface area contributed by atoms with Crippen molar-refractivity contribution >= 4 is 17.4 Å². The normalized spacial score (nSPS) is 16.3. The second-order valence-corrected chi connectivity index (χ2v) is 5.01. The molecule has 1 aromatic rings. The summed E-state index contributed by atoms with van der Waals surface area (Å²) in [5.74, 6) is 0.499. The third-order valence-electron chi connectivity index (χ3n) is 3.21. The summed E-state index contributed by atoms with van der Waals surface area (Å²) in [6, 6.07) is 7.53. The number of ether oxygens (including phenoxy) is 1. The van der Waals surface area contributed by atoms with Gasteiger partial charge in [0, 0.05) is 10.9 Å². The van der Waals surface area contributed by atoms with Gasteiger partial charge in [-0.05, 0) is 30.5 Å². The summed E-state index contributed by atoms with van der Waals surface area (Å²) in [6.45, 7) is 0.691. The molecule has 0 amide bonds. The minimum Gasteiger partial charge on any atom is -0.369 e. The molecule has 92 valence electrons. The maximum absolute atomic E-state index is 11.8. The van der Waals surface area contributed by atoms with Gasteiger partial charge in [-0.15, -0.1) is 0 Å². The maximum Gasteiger partial charge on any atom is 0.161 e. The largest absolute Gasteiger partial charge is 0.369 e. The molecule has 1 aliphatic carbocycles. The molecule has 0 radical (unpaired) electrons. The first kappa shape index (κ1) is 12.6. The highest BCUT2D eigenvalue weighted by Crippen LogP contribution is 2.25. The van der Waals surface area contributed by atoms with E-state index in [-0.39, 0.29) is 18.3 Å². The second-order valence-electron chi connectivity index (χ2n) is 4.57. The Morgan fingerprint density at radius 3 is 2.82 bits per heavy atom. The molecule has 0 bridgehead atoms. The van der Waals surface area contributed by atoms with Crippen molar-refractivity contribution in [1.82, 2.24) is 0 Å². The molecule has 1 fully saturated rings. The Hall–Kier alpha value is -0.860. The molecule has 0 aromatic heterocycles. The average molecular weight is 253 g/mol. The number of hydrogen-bond donors (Lipinski definition) is 0. The summed E-state index contributed by atoms with van der Waals surface area (Å²) in [4.78, 5) is 11.8. The molecule has 1 aliphatic rings. The van der Waals surface area contributed by atoms with Crippen LogP contribution in [0.25, 0.3) is 0 Å². The lowest BCUT2D eigenvalue weighted by atomic mass is 10.0. The van der Waals surface area contributed by atoms with Gasteiger partial charge in [0.05, 0.1) is 6.61 Å². The quantitative estimate of drug-likeness (QED) is 0.800. The lowest BCUT2D eigenvalue weighted by molar-refractivity contribution is -0.127. The van der Waals surface area contributed by atoms with E-state index in [1.807, 2.05) is 24.3 Å². The van der Waals surface area contributed by atoms with Crippen LogP contribution in [-0.4, -0.2) is 12.4 Å². The van der Waals surface area contributed by atoms with Gasteiger partial charge < -0.3 is 4.74 Å². The minimum absolute atomic E-state index is 0.233. The van der Waals surface area contributed by atoms with Gasteiger partial charge in [0.2, 0.25) is 0 Å². The van der Waals surface area contributed by atoms with Crippen molar-refractivity contribution in [3.05, 3.63) is 34.9 Å². The van der Waals surface area contributed by atoms with Crippen molar-refractivity contribution in [3.8, 4) is 0 Å². The van der Waals surface area contributed by atoms with Crippen molar-refractivity contribution in [2.45, 2.75) is 32.3 Å². The van der Waals surface area contributed by atoms with E-state index in [9.17, 15) is 4.79 Å². The highest BCUT2D eigenvalue weighted by molar-refractivity contribution is 6.30. The molecule has 0 unspecified atom stereocenters. The van der Waals surface area contributed by atoms with Gasteiger partial charge >= 0.3 is 0 Å². The van der Waals surface area contributed by atoms with Gasteiger partial charge in [0.25, 0.3) is 0 Å². The van der Waals surface area contributed by atoms with Crippen LogP contribution in [0, 0.1) is 5.92 Å². The molecule has 0 atom stereocenters. The number of carbonyl (C=O) groups excluding carboxylic acids is 1.